The number of aromatic amines is 1. The Labute approximate surface area is 134 Å². The van der Waals surface area contributed by atoms with Gasteiger partial charge in [0.05, 0.1) is 5.92 Å². The van der Waals surface area contributed by atoms with Crippen LogP contribution >= 0.6 is 0 Å². The average molecular weight is 316 g/mol. The molecule has 1 aromatic heterocycles. The molecule has 1 amide bonds. The molecule has 1 unspecified atom stereocenters. The number of nitrogens with zero attached hydrogens (tertiary/aromatic N) is 3. The Bertz CT molecular complexity index is 694. The SMILES string of the molecule is CCc1nc(-c2ccc(C(=O)N(C)CC(C)C(=O)O)cc2)n[nH]1. The first-order chi connectivity index (χ1) is 10.9. The molecule has 0 saturated heterocycles. The number of rotatable bonds is 6. The van der Waals surface area contributed by atoms with Gasteiger partial charge in [-0.05, 0) is 12.1 Å². The van der Waals surface area contributed by atoms with Gasteiger partial charge >= 0.3 is 5.97 Å². The van der Waals surface area contributed by atoms with Crippen molar-refractivity contribution in [2.75, 3.05) is 13.6 Å². The van der Waals surface area contributed by atoms with Gasteiger partial charge in [0.2, 0.25) is 0 Å². The van der Waals surface area contributed by atoms with Crippen molar-refractivity contribution in [1.29, 1.82) is 0 Å². The van der Waals surface area contributed by atoms with Gasteiger partial charge in [-0.15, -0.1) is 0 Å². The lowest BCUT2D eigenvalue weighted by Crippen LogP contribution is -2.33. The minimum Gasteiger partial charge on any atom is -0.481 e. The number of H-pyrrole nitrogens is 1. The molecular weight excluding hydrogens is 296 g/mol. The maximum Gasteiger partial charge on any atom is 0.308 e. The minimum atomic E-state index is -0.920. The topological polar surface area (TPSA) is 99.2 Å². The smallest absolute Gasteiger partial charge is 0.308 e. The van der Waals surface area contributed by atoms with Crippen molar-refractivity contribution in [2.45, 2.75) is 20.3 Å². The third-order valence-electron chi connectivity index (χ3n) is 3.57. The second kappa shape index (κ2) is 7.04. The summed E-state index contributed by atoms with van der Waals surface area (Å²) in [7, 11) is 1.60. The first-order valence-electron chi connectivity index (χ1n) is 7.42. The summed E-state index contributed by atoms with van der Waals surface area (Å²) < 4.78 is 0. The van der Waals surface area contributed by atoms with Crippen LogP contribution < -0.4 is 0 Å². The summed E-state index contributed by atoms with van der Waals surface area (Å²) in [6.45, 7) is 3.72. The summed E-state index contributed by atoms with van der Waals surface area (Å²) in [6, 6.07) is 6.96. The van der Waals surface area contributed by atoms with Crippen LogP contribution in [0.15, 0.2) is 24.3 Å². The molecule has 1 heterocycles. The largest absolute Gasteiger partial charge is 0.481 e. The fourth-order valence-electron chi connectivity index (χ4n) is 2.14. The highest BCUT2D eigenvalue weighted by molar-refractivity contribution is 5.94. The molecule has 0 aliphatic heterocycles. The minimum absolute atomic E-state index is 0.163. The van der Waals surface area contributed by atoms with Gasteiger partial charge in [-0.25, -0.2) is 4.98 Å². The van der Waals surface area contributed by atoms with Crippen molar-refractivity contribution in [3.63, 3.8) is 0 Å². The van der Waals surface area contributed by atoms with Crippen LogP contribution in [-0.4, -0.2) is 50.7 Å². The van der Waals surface area contributed by atoms with E-state index in [9.17, 15) is 9.59 Å². The van der Waals surface area contributed by atoms with Crippen LogP contribution in [0, 0.1) is 5.92 Å². The number of carboxylic acids is 1. The third kappa shape index (κ3) is 3.94. The van der Waals surface area contributed by atoms with E-state index in [2.05, 4.69) is 15.2 Å². The van der Waals surface area contributed by atoms with E-state index in [0.29, 0.717) is 11.4 Å². The Kier molecular flexibility index (Phi) is 5.10. The Balaban J connectivity index is 2.09. The third-order valence-corrected chi connectivity index (χ3v) is 3.57. The normalized spacial score (nSPS) is 12.0. The molecule has 2 rings (SSSR count). The van der Waals surface area contributed by atoms with Crippen LogP contribution in [-0.2, 0) is 11.2 Å². The highest BCUT2D eigenvalue weighted by Crippen LogP contribution is 2.16. The molecular formula is C16H20N4O3. The molecule has 0 fully saturated rings. The van der Waals surface area contributed by atoms with Crippen molar-refractivity contribution < 1.29 is 14.7 Å². The number of carboxylic acid groups (broad SMARTS) is 1. The second-order valence-corrected chi connectivity index (χ2v) is 5.46. The van der Waals surface area contributed by atoms with Crippen LogP contribution in [0.3, 0.4) is 0 Å². The molecule has 0 aliphatic rings. The fraction of sp³-hybridized carbons (Fsp3) is 0.375. The monoisotopic (exact) mass is 316 g/mol. The molecule has 0 saturated carbocycles. The van der Waals surface area contributed by atoms with Crippen LogP contribution in [0.4, 0.5) is 0 Å². The zero-order valence-electron chi connectivity index (χ0n) is 13.4. The highest BCUT2D eigenvalue weighted by atomic mass is 16.4. The van der Waals surface area contributed by atoms with E-state index < -0.39 is 11.9 Å². The number of hydrogen-bond acceptors (Lipinski definition) is 4. The van der Waals surface area contributed by atoms with E-state index in [4.69, 9.17) is 5.11 Å². The van der Waals surface area contributed by atoms with Crippen LogP contribution in [0.2, 0.25) is 0 Å². The molecule has 0 aliphatic carbocycles. The van der Waals surface area contributed by atoms with Gasteiger partial charge in [0.15, 0.2) is 5.82 Å². The Morgan fingerprint density at radius 3 is 2.48 bits per heavy atom. The zero-order valence-corrected chi connectivity index (χ0v) is 13.4. The Morgan fingerprint density at radius 2 is 1.96 bits per heavy atom. The van der Waals surface area contributed by atoms with Crippen molar-refractivity contribution in [3.05, 3.63) is 35.7 Å². The summed E-state index contributed by atoms with van der Waals surface area (Å²) in [5.41, 5.74) is 1.32. The number of hydrogen-bond donors (Lipinski definition) is 2. The van der Waals surface area contributed by atoms with Gasteiger partial charge in [0.25, 0.3) is 5.91 Å². The number of benzene rings is 1. The van der Waals surface area contributed by atoms with Gasteiger partial charge in [0.1, 0.15) is 5.82 Å². The second-order valence-electron chi connectivity index (χ2n) is 5.46. The summed E-state index contributed by atoms with van der Waals surface area (Å²) in [4.78, 5) is 28.9. The van der Waals surface area contributed by atoms with Crippen molar-refractivity contribution in [3.8, 4) is 11.4 Å². The fourth-order valence-corrected chi connectivity index (χ4v) is 2.14. The van der Waals surface area contributed by atoms with Crippen LogP contribution in [0.1, 0.15) is 30.0 Å². The van der Waals surface area contributed by atoms with Crippen molar-refractivity contribution >= 4 is 11.9 Å². The van der Waals surface area contributed by atoms with E-state index in [0.717, 1.165) is 17.8 Å². The average Bonchev–Trinajstić information content (AvgIpc) is 3.03. The summed E-state index contributed by atoms with van der Waals surface area (Å²) in [5.74, 6) is -0.342. The van der Waals surface area contributed by atoms with E-state index in [1.807, 2.05) is 6.92 Å². The van der Waals surface area contributed by atoms with Gasteiger partial charge in [-0.2, -0.15) is 5.10 Å². The Hall–Kier alpha value is -2.70. The van der Waals surface area contributed by atoms with Crippen molar-refractivity contribution in [1.82, 2.24) is 20.1 Å². The molecule has 0 radical (unpaired) electrons. The summed E-state index contributed by atoms with van der Waals surface area (Å²) in [6.07, 6.45) is 0.774. The van der Waals surface area contributed by atoms with E-state index in [1.54, 1.807) is 38.2 Å². The van der Waals surface area contributed by atoms with Crippen LogP contribution in [0.25, 0.3) is 11.4 Å². The van der Waals surface area contributed by atoms with Gasteiger partial charge in [0, 0.05) is 31.1 Å². The number of nitrogens with one attached hydrogen (secondary N) is 1. The molecule has 0 spiro atoms. The lowest BCUT2D eigenvalue weighted by molar-refractivity contribution is -0.141. The van der Waals surface area contributed by atoms with Gasteiger partial charge in [-0.3, -0.25) is 14.7 Å². The van der Waals surface area contributed by atoms with E-state index >= 15 is 0 Å². The number of carbonyl (C=O) groups excluding carboxylic acids is 1. The number of amides is 1. The Morgan fingerprint density at radius 1 is 1.30 bits per heavy atom. The molecule has 2 N–H and O–H groups in total. The predicted octanol–water partition coefficient (Wildman–Crippen LogP) is 1.83. The molecule has 0 bridgehead atoms. The molecule has 1 atom stereocenters. The molecule has 23 heavy (non-hydrogen) atoms. The molecule has 122 valence electrons. The first kappa shape index (κ1) is 16.7. The highest BCUT2D eigenvalue weighted by Gasteiger charge is 2.18. The molecule has 2 aromatic rings. The van der Waals surface area contributed by atoms with Crippen molar-refractivity contribution in [2.24, 2.45) is 5.92 Å². The van der Waals surface area contributed by atoms with E-state index in [-0.39, 0.29) is 12.5 Å². The first-order valence-corrected chi connectivity index (χ1v) is 7.42. The summed E-state index contributed by atoms with van der Waals surface area (Å²) in [5, 5.41) is 15.9. The predicted molar refractivity (Wildman–Crippen MR) is 85.0 cm³/mol. The number of aryl methyl sites for hydroxylation is 1. The van der Waals surface area contributed by atoms with Gasteiger partial charge < -0.3 is 10.0 Å². The number of aliphatic carboxylic acids is 1. The molecule has 7 nitrogen and oxygen atoms in total. The summed E-state index contributed by atoms with van der Waals surface area (Å²) >= 11 is 0. The number of aromatic nitrogens is 3. The van der Waals surface area contributed by atoms with Crippen LogP contribution in [0.5, 0.6) is 0 Å². The maximum absolute atomic E-state index is 12.3. The standard InChI is InChI=1S/C16H20N4O3/c1-4-13-17-14(19-18-13)11-5-7-12(8-6-11)15(21)20(3)9-10(2)16(22)23/h5-8,10H,4,9H2,1-3H3,(H,22,23)(H,17,18,19). The molecule has 1 aromatic carbocycles. The maximum atomic E-state index is 12.3. The number of carbonyl (C=O) groups is 2. The van der Waals surface area contributed by atoms with E-state index in [1.165, 1.54) is 4.90 Å². The zero-order chi connectivity index (χ0) is 17.0. The van der Waals surface area contributed by atoms with Gasteiger partial charge in [-0.1, -0.05) is 26.0 Å². The quantitative estimate of drug-likeness (QED) is 0.847. The lowest BCUT2D eigenvalue weighted by atomic mass is 10.1. The lowest BCUT2D eigenvalue weighted by Gasteiger charge is -2.19. The molecule has 7 heteroatoms.